The lowest BCUT2D eigenvalue weighted by atomic mass is 10.1. The first kappa shape index (κ1) is 18.1. The number of piperidine rings is 1. The molecular weight excluding hydrogens is 374 g/mol. The highest BCUT2D eigenvalue weighted by atomic mass is 32.1. The van der Waals surface area contributed by atoms with Gasteiger partial charge in [-0.2, -0.15) is 0 Å². The maximum absolute atomic E-state index is 12.5. The molecule has 28 heavy (non-hydrogen) atoms. The summed E-state index contributed by atoms with van der Waals surface area (Å²) in [5, 5.41) is 5.01. The number of hydrogen-bond acceptors (Lipinski definition) is 5. The van der Waals surface area contributed by atoms with Crippen LogP contribution in [0, 0.1) is 0 Å². The van der Waals surface area contributed by atoms with Gasteiger partial charge in [0.15, 0.2) is 5.01 Å². The number of aromatic nitrogens is 1. The summed E-state index contributed by atoms with van der Waals surface area (Å²) >= 11 is 1.28. The summed E-state index contributed by atoms with van der Waals surface area (Å²) in [6.45, 7) is 0. The van der Waals surface area contributed by atoms with Crippen molar-refractivity contribution in [1.29, 1.82) is 0 Å². The Hall–Kier alpha value is -3.32. The summed E-state index contributed by atoms with van der Waals surface area (Å²) in [4.78, 5) is 42.1. The van der Waals surface area contributed by atoms with Crippen molar-refractivity contribution in [3.8, 4) is 11.3 Å². The van der Waals surface area contributed by atoms with E-state index in [4.69, 9.17) is 0 Å². The van der Waals surface area contributed by atoms with Gasteiger partial charge >= 0.3 is 0 Å². The Morgan fingerprint density at radius 2 is 1.64 bits per heavy atom. The topological polar surface area (TPSA) is 79.4 Å². The average molecular weight is 391 g/mol. The van der Waals surface area contributed by atoms with Crippen LogP contribution < -0.4 is 10.2 Å². The van der Waals surface area contributed by atoms with E-state index in [0.717, 1.165) is 11.3 Å². The summed E-state index contributed by atoms with van der Waals surface area (Å²) in [6, 6.07) is 16.3. The number of nitrogens with one attached hydrogen (secondary N) is 1. The summed E-state index contributed by atoms with van der Waals surface area (Å²) < 4.78 is 0. The highest BCUT2D eigenvalue weighted by molar-refractivity contribution is 7.12. The zero-order valence-electron chi connectivity index (χ0n) is 14.9. The zero-order valence-corrected chi connectivity index (χ0v) is 15.7. The number of carbonyl (C=O) groups is 3. The van der Waals surface area contributed by atoms with Gasteiger partial charge in [-0.3, -0.25) is 19.3 Å². The second-order valence-corrected chi connectivity index (χ2v) is 7.24. The van der Waals surface area contributed by atoms with Crippen LogP contribution in [0.4, 0.5) is 11.4 Å². The number of rotatable bonds is 4. The molecular formula is C21H17N3O3S. The van der Waals surface area contributed by atoms with Crippen molar-refractivity contribution in [2.24, 2.45) is 0 Å². The molecule has 0 aliphatic carbocycles. The van der Waals surface area contributed by atoms with Gasteiger partial charge in [-0.05, 0) is 30.7 Å². The third-order valence-corrected chi connectivity index (χ3v) is 5.27. The third-order valence-electron chi connectivity index (χ3n) is 4.43. The van der Waals surface area contributed by atoms with Gasteiger partial charge in [0.1, 0.15) is 0 Å². The molecule has 1 fully saturated rings. The fourth-order valence-corrected chi connectivity index (χ4v) is 3.76. The first-order valence-corrected chi connectivity index (χ1v) is 9.78. The Labute approximate surface area is 165 Å². The van der Waals surface area contributed by atoms with Crippen LogP contribution in [0.5, 0.6) is 0 Å². The van der Waals surface area contributed by atoms with Crippen molar-refractivity contribution in [2.45, 2.75) is 19.3 Å². The van der Waals surface area contributed by atoms with Crippen molar-refractivity contribution in [3.05, 3.63) is 65.0 Å². The van der Waals surface area contributed by atoms with Crippen molar-refractivity contribution in [3.63, 3.8) is 0 Å². The largest absolute Gasteiger partial charge is 0.320 e. The monoisotopic (exact) mass is 391 g/mol. The van der Waals surface area contributed by atoms with Gasteiger partial charge in [0.2, 0.25) is 11.8 Å². The SMILES string of the molecule is O=C(Nc1ccc(N2C(=O)CCCC2=O)cc1)c1nc(-c2ccccc2)cs1. The predicted molar refractivity (Wildman–Crippen MR) is 108 cm³/mol. The number of thiazole rings is 1. The van der Waals surface area contributed by atoms with E-state index in [2.05, 4.69) is 10.3 Å². The number of benzene rings is 2. The van der Waals surface area contributed by atoms with Gasteiger partial charge in [0.05, 0.1) is 11.4 Å². The molecule has 140 valence electrons. The van der Waals surface area contributed by atoms with Crippen LogP contribution in [-0.2, 0) is 9.59 Å². The molecule has 0 spiro atoms. The number of carbonyl (C=O) groups excluding carboxylic acids is 3. The van der Waals surface area contributed by atoms with E-state index in [9.17, 15) is 14.4 Å². The number of nitrogens with zero attached hydrogens (tertiary/aromatic N) is 2. The molecule has 3 amide bonds. The summed E-state index contributed by atoms with van der Waals surface area (Å²) in [7, 11) is 0. The molecule has 0 atom stereocenters. The molecule has 0 saturated carbocycles. The molecule has 2 aromatic carbocycles. The minimum absolute atomic E-state index is 0.190. The van der Waals surface area contributed by atoms with Gasteiger partial charge < -0.3 is 5.32 Å². The molecule has 6 nitrogen and oxygen atoms in total. The molecule has 7 heteroatoms. The Kier molecular flexibility index (Phi) is 4.99. The Balaban J connectivity index is 1.46. The van der Waals surface area contributed by atoms with Gasteiger partial charge in [0.25, 0.3) is 5.91 Å². The molecule has 1 aliphatic rings. The number of amides is 3. The Bertz CT molecular complexity index is 1010. The minimum atomic E-state index is -0.301. The molecule has 0 bridgehead atoms. The van der Waals surface area contributed by atoms with E-state index >= 15 is 0 Å². The van der Waals surface area contributed by atoms with Crippen LogP contribution in [-0.4, -0.2) is 22.7 Å². The molecule has 1 aromatic heterocycles. The van der Waals surface area contributed by atoms with Crippen LogP contribution in [0.2, 0.25) is 0 Å². The smallest absolute Gasteiger partial charge is 0.284 e. The quantitative estimate of drug-likeness (QED) is 0.679. The molecule has 0 unspecified atom stereocenters. The number of hydrogen-bond donors (Lipinski definition) is 1. The van der Waals surface area contributed by atoms with Gasteiger partial charge in [-0.1, -0.05) is 30.3 Å². The van der Waals surface area contributed by atoms with E-state index in [1.807, 2.05) is 35.7 Å². The van der Waals surface area contributed by atoms with E-state index in [1.165, 1.54) is 16.2 Å². The fourth-order valence-electron chi connectivity index (χ4n) is 3.04. The molecule has 2 heterocycles. The van der Waals surface area contributed by atoms with Crippen molar-refractivity contribution >= 4 is 40.4 Å². The minimum Gasteiger partial charge on any atom is -0.320 e. The summed E-state index contributed by atoms with van der Waals surface area (Å²) in [5.74, 6) is -0.682. The number of imide groups is 1. The van der Waals surface area contributed by atoms with Crippen molar-refractivity contribution in [2.75, 3.05) is 10.2 Å². The van der Waals surface area contributed by atoms with Crippen LogP contribution in [0.25, 0.3) is 11.3 Å². The molecule has 0 radical (unpaired) electrons. The fraction of sp³-hybridized carbons (Fsp3) is 0.143. The van der Waals surface area contributed by atoms with Gasteiger partial charge in [-0.15, -0.1) is 11.3 Å². The van der Waals surface area contributed by atoms with Crippen LogP contribution >= 0.6 is 11.3 Å². The molecule has 1 N–H and O–H groups in total. The first-order valence-electron chi connectivity index (χ1n) is 8.90. The van der Waals surface area contributed by atoms with E-state index in [0.29, 0.717) is 35.6 Å². The lowest BCUT2D eigenvalue weighted by Gasteiger charge is -2.24. The van der Waals surface area contributed by atoms with E-state index in [1.54, 1.807) is 24.3 Å². The number of anilines is 2. The average Bonchev–Trinajstić information content (AvgIpc) is 3.20. The van der Waals surface area contributed by atoms with Crippen molar-refractivity contribution in [1.82, 2.24) is 4.98 Å². The van der Waals surface area contributed by atoms with Crippen LogP contribution in [0.15, 0.2) is 60.0 Å². The molecule has 1 saturated heterocycles. The lowest BCUT2D eigenvalue weighted by molar-refractivity contribution is -0.129. The first-order chi connectivity index (χ1) is 13.6. The van der Waals surface area contributed by atoms with Crippen LogP contribution in [0.3, 0.4) is 0 Å². The molecule has 3 aromatic rings. The zero-order chi connectivity index (χ0) is 19.5. The lowest BCUT2D eigenvalue weighted by Crippen LogP contribution is -2.40. The van der Waals surface area contributed by atoms with Crippen LogP contribution in [0.1, 0.15) is 29.1 Å². The second kappa shape index (κ2) is 7.74. The standard InChI is InChI=1S/C21H17N3O3S/c25-18-7-4-8-19(26)24(18)16-11-9-15(10-12-16)22-20(27)21-23-17(13-28-21)14-5-2-1-3-6-14/h1-3,5-6,9-13H,4,7-8H2,(H,22,27). The van der Waals surface area contributed by atoms with E-state index in [-0.39, 0.29) is 17.7 Å². The molecule has 4 rings (SSSR count). The van der Waals surface area contributed by atoms with Gasteiger partial charge in [0, 0.05) is 29.5 Å². The highest BCUT2D eigenvalue weighted by Gasteiger charge is 2.27. The summed E-state index contributed by atoms with van der Waals surface area (Å²) in [6.07, 6.45) is 1.34. The maximum atomic E-state index is 12.5. The second-order valence-electron chi connectivity index (χ2n) is 6.38. The maximum Gasteiger partial charge on any atom is 0.284 e. The predicted octanol–water partition coefficient (Wildman–Crippen LogP) is 4.11. The van der Waals surface area contributed by atoms with Gasteiger partial charge in [-0.25, -0.2) is 4.98 Å². The highest BCUT2D eigenvalue weighted by Crippen LogP contribution is 2.25. The normalized spacial score (nSPS) is 14.2. The van der Waals surface area contributed by atoms with E-state index < -0.39 is 0 Å². The molecule has 1 aliphatic heterocycles. The summed E-state index contributed by atoms with van der Waals surface area (Å²) in [5.41, 5.74) is 2.81. The van der Waals surface area contributed by atoms with Crippen molar-refractivity contribution < 1.29 is 14.4 Å². The third kappa shape index (κ3) is 3.70. The Morgan fingerprint density at radius 1 is 0.964 bits per heavy atom. The Morgan fingerprint density at radius 3 is 2.32 bits per heavy atom.